The maximum absolute atomic E-state index is 13.0. The topological polar surface area (TPSA) is 86.1 Å². The van der Waals surface area contributed by atoms with Crippen LogP contribution in [-0.4, -0.2) is 38.5 Å². The second kappa shape index (κ2) is 8.14. The standard InChI is InChI=1S/C19H23NO6S/c1-3-24-17-6-4-5-7-18(17)27(22,23)20-10-8-15(9-11-20)26-16-12-14(2)25-19(21)13-16/h4-7,12-13,15H,3,8-11H2,1-2H3. The van der Waals surface area contributed by atoms with Crippen LogP contribution in [0.4, 0.5) is 0 Å². The third-order valence-corrected chi connectivity index (χ3v) is 6.28. The zero-order chi connectivity index (χ0) is 19.4. The Kier molecular flexibility index (Phi) is 5.86. The second-order valence-electron chi connectivity index (χ2n) is 6.32. The van der Waals surface area contributed by atoms with Gasteiger partial charge in [-0.25, -0.2) is 13.2 Å². The molecule has 0 amide bonds. The molecule has 146 valence electrons. The van der Waals surface area contributed by atoms with Gasteiger partial charge in [-0.1, -0.05) is 12.1 Å². The number of nitrogens with zero attached hydrogens (tertiary/aromatic N) is 1. The summed E-state index contributed by atoms with van der Waals surface area (Å²) in [5, 5.41) is 0. The fraction of sp³-hybridized carbons (Fsp3) is 0.421. The summed E-state index contributed by atoms with van der Waals surface area (Å²) in [7, 11) is -3.64. The number of benzene rings is 1. The van der Waals surface area contributed by atoms with Crippen LogP contribution >= 0.6 is 0 Å². The molecular weight excluding hydrogens is 370 g/mol. The number of rotatable bonds is 6. The first kappa shape index (κ1) is 19.4. The normalized spacial score (nSPS) is 16.2. The highest BCUT2D eigenvalue weighted by Crippen LogP contribution is 2.29. The predicted molar refractivity (Wildman–Crippen MR) is 99.7 cm³/mol. The minimum Gasteiger partial charge on any atom is -0.492 e. The summed E-state index contributed by atoms with van der Waals surface area (Å²) in [6.45, 7) is 4.58. The Morgan fingerprint density at radius 2 is 1.89 bits per heavy atom. The van der Waals surface area contributed by atoms with E-state index < -0.39 is 15.6 Å². The van der Waals surface area contributed by atoms with Gasteiger partial charge in [-0.15, -0.1) is 0 Å². The molecular formula is C19H23NO6S. The highest BCUT2D eigenvalue weighted by Gasteiger charge is 2.32. The van der Waals surface area contributed by atoms with E-state index in [1.54, 1.807) is 37.3 Å². The van der Waals surface area contributed by atoms with Gasteiger partial charge >= 0.3 is 5.63 Å². The lowest BCUT2D eigenvalue weighted by molar-refractivity contribution is 0.134. The molecule has 0 N–H and O–H groups in total. The Bertz CT molecular complexity index is 945. The van der Waals surface area contributed by atoms with Crippen molar-refractivity contribution in [2.45, 2.75) is 37.7 Å². The van der Waals surface area contributed by atoms with Crippen molar-refractivity contribution in [3.05, 3.63) is 52.6 Å². The predicted octanol–water partition coefficient (Wildman–Crippen LogP) is 2.58. The minimum absolute atomic E-state index is 0.153. The van der Waals surface area contributed by atoms with E-state index in [2.05, 4.69) is 0 Å². The van der Waals surface area contributed by atoms with Crippen LogP contribution in [0.25, 0.3) is 0 Å². The molecule has 1 aromatic carbocycles. The maximum atomic E-state index is 13.0. The van der Waals surface area contributed by atoms with E-state index in [0.717, 1.165) is 0 Å². The van der Waals surface area contributed by atoms with Crippen molar-refractivity contribution in [3.63, 3.8) is 0 Å². The van der Waals surface area contributed by atoms with E-state index in [4.69, 9.17) is 13.9 Å². The summed E-state index contributed by atoms with van der Waals surface area (Å²) in [4.78, 5) is 11.6. The summed E-state index contributed by atoms with van der Waals surface area (Å²) < 4.78 is 43.7. The van der Waals surface area contributed by atoms with Crippen molar-refractivity contribution in [3.8, 4) is 11.5 Å². The molecule has 3 rings (SSSR count). The first-order valence-electron chi connectivity index (χ1n) is 8.90. The summed E-state index contributed by atoms with van der Waals surface area (Å²) in [6, 6.07) is 9.62. The van der Waals surface area contributed by atoms with E-state index in [-0.39, 0.29) is 11.0 Å². The van der Waals surface area contributed by atoms with Gasteiger partial charge in [0.1, 0.15) is 28.3 Å². The van der Waals surface area contributed by atoms with E-state index in [9.17, 15) is 13.2 Å². The lowest BCUT2D eigenvalue weighted by atomic mass is 10.1. The Balaban J connectivity index is 1.69. The van der Waals surface area contributed by atoms with E-state index in [0.29, 0.717) is 49.8 Å². The van der Waals surface area contributed by atoms with Crippen molar-refractivity contribution in [2.75, 3.05) is 19.7 Å². The molecule has 0 atom stereocenters. The van der Waals surface area contributed by atoms with Crippen LogP contribution in [0.1, 0.15) is 25.5 Å². The molecule has 0 radical (unpaired) electrons. The molecule has 27 heavy (non-hydrogen) atoms. The van der Waals surface area contributed by atoms with Gasteiger partial charge in [0.15, 0.2) is 0 Å². The fourth-order valence-corrected chi connectivity index (χ4v) is 4.71. The fourth-order valence-electron chi connectivity index (χ4n) is 3.10. The van der Waals surface area contributed by atoms with Gasteiger partial charge in [0.05, 0.1) is 12.7 Å². The van der Waals surface area contributed by atoms with Crippen LogP contribution in [0.2, 0.25) is 0 Å². The Morgan fingerprint density at radius 3 is 2.56 bits per heavy atom. The Labute approximate surface area is 158 Å². The van der Waals surface area contributed by atoms with Gasteiger partial charge in [0.2, 0.25) is 10.0 Å². The largest absolute Gasteiger partial charge is 0.492 e. The molecule has 1 fully saturated rings. The number of para-hydroxylation sites is 1. The molecule has 1 aromatic heterocycles. The van der Waals surface area contributed by atoms with Gasteiger partial charge in [0.25, 0.3) is 0 Å². The molecule has 2 heterocycles. The van der Waals surface area contributed by atoms with Gasteiger partial charge in [-0.3, -0.25) is 0 Å². The third-order valence-electron chi connectivity index (χ3n) is 4.34. The van der Waals surface area contributed by atoms with Gasteiger partial charge < -0.3 is 13.9 Å². The number of piperidine rings is 1. The summed E-state index contributed by atoms with van der Waals surface area (Å²) >= 11 is 0. The smallest absolute Gasteiger partial charge is 0.339 e. The van der Waals surface area contributed by atoms with Crippen molar-refractivity contribution in [1.82, 2.24) is 4.31 Å². The minimum atomic E-state index is -3.64. The molecule has 1 saturated heterocycles. The zero-order valence-corrected chi connectivity index (χ0v) is 16.2. The molecule has 8 heteroatoms. The van der Waals surface area contributed by atoms with Crippen LogP contribution in [0.5, 0.6) is 11.5 Å². The monoisotopic (exact) mass is 393 g/mol. The van der Waals surface area contributed by atoms with Crippen LogP contribution in [0, 0.1) is 6.92 Å². The Hall–Kier alpha value is -2.32. The average Bonchev–Trinajstić information content (AvgIpc) is 2.62. The first-order chi connectivity index (χ1) is 12.9. The van der Waals surface area contributed by atoms with Crippen LogP contribution in [0.3, 0.4) is 0 Å². The molecule has 0 unspecified atom stereocenters. The molecule has 0 spiro atoms. The average molecular weight is 393 g/mol. The lowest BCUT2D eigenvalue weighted by Gasteiger charge is -2.31. The van der Waals surface area contributed by atoms with Crippen molar-refractivity contribution >= 4 is 10.0 Å². The van der Waals surface area contributed by atoms with Gasteiger partial charge in [-0.05, 0) is 38.8 Å². The van der Waals surface area contributed by atoms with Gasteiger partial charge in [-0.2, -0.15) is 4.31 Å². The molecule has 0 bridgehead atoms. The highest BCUT2D eigenvalue weighted by molar-refractivity contribution is 7.89. The second-order valence-corrected chi connectivity index (χ2v) is 8.23. The van der Waals surface area contributed by atoms with Crippen molar-refractivity contribution in [1.29, 1.82) is 0 Å². The van der Waals surface area contributed by atoms with Crippen molar-refractivity contribution < 1.29 is 22.3 Å². The lowest BCUT2D eigenvalue weighted by Crippen LogP contribution is -2.41. The molecule has 2 aromatic rings. The number of aryl methyl sites for hydroxylation is 1. The molecule has 1 aliphatic heterocycles. The molecule has 1 aliphatic rings. The SMILES string of the molecule is CCOc1ccccc1S(=O)(=O)N1CCC(Oc2cc(C)oc(=O)c2)CC1. The van der Waals surface area contributed by atoms with Crippen LogP contribution in [0.15, 0.2) is 50.5 Å². The summed E-state index contributed by atoms with van der Waals surface area (Å²) in [5.74, 6) is 1.29. The van der Waals surface area contributed by atoms with E-state index >= 15 is 0 Å². The number of sulfonamides is 1. The van der Waals surface area contributed by atoms with E-state index in [1.165, 1.54) is 10.4 Å². The van der Waals surface area contributed by atoms with Crippen LogP contribution < -0.4 is 15.1 Å². The van der Waals surface area contributed by atoms with Gasteiger partial charge in [0, 0.05) is 19.2 Å². The summed E-state index contributed by atoms with van der Waals surface area (Å²) in [5.41, 5.74) is -0.461. The van der Waals surface area contributed by atoms with Crippen molar-refractivity contribution in [2.24, 2.45) is 0 Å². The first-order valence-corrected chi connectivity index (χ1v) is 10.3. The van der Waals surface area contributed by atoms with E-state index in [1.807, 2.05) is 6.92 Å². The quantitative estimate of drug-likeness (QED) is 0.750. The molecule has 0 saturated carbocycles. The maximum Gasteiger partial charge on any atom is 0.339 e. The number of hydrogen-bond donors (Lipinski definition) is 0. The Morgan fingerprint density at radius 1 is 1.19 bits per heavy atom. The highest BCUT2D eigenvalue weighted by atomic mass is 32.2. The number of hydrogen-bond acceptors (Lipinski definition) is 6. The zero-order valence-electron chi connectivity index (χ0n) is 15.4. The molecule has 7 nitrogen and oxygen atoms in total. The summed E-state index contributed by atoms with van der Waals surface area (Å²) in [6.07, 6.45) is 0.921. The molecule has 0 aliphatic carbocycles. The number of ether oxygens (including phenoxy) is 2. The third kappa shape index (κ3) is 4.51. The van der Waals surface area contributed by atoms with Crippen LogP contribution in [-0.2, 0) is 10.0 Å².